The molecule has 0 amide bonds. The molecule has 0 unspecified atom stereocenters. The van der Waals surface area contributed by atoms with E-state index in [9.17, 15) is 26.2 Å². The van der Waals surface area contributed by atoms with Gasteiger partial charge in [0, 0.05) is 62.0 Å². The lowest BCUT2D eigenvalue weighted by Gasteiger charge is -2.24. The van der Waals surface area contributed by atoms with Gasteiger partial charge in [-0.1, -0.05) is 36.2 Å². The van der Waals surface area contributed by atoms with Crippen LogP contribution in [0.5, 0.6) is 0 Å². The summed E-state index contributed by atoms with van der Waals surface area (Å²) in [5.41, 5.74) is 6.68. The molecule has 1 aliphatic heterocycles. The number of fused-ring (bicyclic) bond motifs is 2. The fourth-order valence-corrected chi connectivity index (χ4v) is 7.90. The number of aromatic nitrogens is 2. The first kappa shape index (κ1) is 39.8. The molecule has 0 saturated carbocycles. The minimum Gasteiger partial charge on any atom is -0.380 e. The zero-order valence-corrected chi connectivity index (χ0v) is 31.9. The number of aryl methyl sites for hydroxylation is 2. The molecule has 13 nitrogen and oxygen atoms in total. The quantitative estimate of drug-likeness (QED) is 0.0746. The molecular weight excluding hydrogens is 729 g/mol. The number of rotatable bonds is 18. The van der Waals surface area contributed by atoms with Crippen LogP contribution < -0.4 is 19.8 Å². The molecule has 0 saturated heterocycles. The molecule has 1 aromatic heterocycles. The molecule has 0 aliphatic carbocycles. The highest BCUT2D eigenvalue weighted by Crippen LogP contribution is 2.44. The molecule has 4 rings (SSSR count). The molecule has 2 heterocycles. The van der Waals surface area contributed by atoms with Crippen molar-refractivity contribution in [1.29, 1.82) is 0 Å². The number of allylic oxidation sites excluding steroid dienone is 2. The molecule has 2 N–H and O–H groups in total. The molecule has 17 heteroatoms. The minimum absolute atomic E-state index is 0.169. The average molecular weight is 774 g/mol. The van der Waals surface area contributed by atoms with Crippen LogP contribution in [0.25, 0.3) is 17.1 Å². The molecule has 2 aromatic carbocycles. The molecule has 1 aliphatic rings. The van der Waals surface area contributed by atoms with Gasteiger partial charge in [-0.25, -0.2) is 9.13 Å². The number of hydrogen-bond donors (Lipinski definition) is 2. The third-order valence-electron chi connectivity index (χ3n) is 8.17. The van der Waals surface area contributed by atoms with Gasteiger partial charge in [0.2, 0.25) is 0 Å². The van der Waals surface area contributed by atoms with Crippen LogP contribution in [0.2, 0.25) is 10.0 Å². The number of ether oxygens (including phenoxy) is 1. The second-order valence-corrected chi connectivity index (χ2v) is 15.7. The first-order chi connectivity index (χ1) is 23.7. The van der Waals surface area contributed by atoms with Gasteiger partial charge >= 0.3 is 0 Å². The standard InChI is InChI=1S/C33H43Cl2N5O8S2/c1-6-36-48-50(45,46)17-11-15-40-29-19-25(23(4)41)27(35)21-31(29)38(8-3)33(40)13-9-12-32-37(7-2)30-20-26(34)24(22-47-5)18-28(30)39(32)14-10-16-49(42,43)44/h9,12-13,18-21,36H,6-8,10-11,14-17,22H2,1-5H3/p+1. The summed E-state index contributed by atoms with van der Waals surface area (Å²) in [7, 11) is -6.41. The van der Waals surface area contributed by atoms with Gasteiger partial charge in [-0.05, 0) is 51.0 Å². The summed E-state index contributed by atoms with van der Waals surface area (Å²) < 4.78 is 71.6. The average Bonchev–Trinajstić information content (AvgIpc) is 3.48. The van der Waals surface area contributed by atoms with Gasteiger partial charge in [0.1, 0.15) is 5.82 Å². The number of Topliss-reactive ketones (excluding diaryl/α,β-unsaturated/α-hetero) is 1. The van der Waals surface area contributed by atoms with Crippen molar-refractivity contribution in [2.75, 3.05) is 48.0 Å². The van der Waals surface area contributed by atoms with Crippen LogP contribution in [0.3, 0.4) is 0 Å². The predicted octanol–water partition coefficient (Wildman–Crippen LogP) is 5.34. The zero-order chi connectivity index (χ0) is 36.8. The Hall–Kier alpha value is -3.02. The number of methoxy groups -OCH3 is 1. The summed E-state index contributed by atoms with van der Waals surface area (Å²) >= 11 is 13.2. The summed E-state index contributed by atoms with van der Waals surface area (Å²) in [5.74, 6) is 0.673. The van der Waals surface area contributed by atoms with Crippen molar-refractivity contribution < 1.29 is 39.8 Å². The van der Waals surface area contributed by atoms with Gasteiger partial charge in [0.15, 0.2) is 16.8 Å². The van der Waals surface area contributed by atoms with Gasteiger partial charge in [0.25, 0.3) is 26.1 Å². The predicted molar refractivity (Wildman–Crippen MR) is 197 cm³/mol. The van der Waals surface area contributed by atoms with E-state index in [2.05, 4.69) is 10.4 Å². The minimum atomic E-state index is -4.16. The van der Waals surface area contributed by atoms with E-state index in [1.54, 1.807) is 26.2 Å². The van der Waals surface area contributed by atoms with Crippen LogP contribution >= 0.6 is 23.2 Å². The highest BCUT2D eigenvalue weighted by molar-refractivity contribution is 7.86. The first-order valence-corrected chi connectivity index (χ1v) is 20.2. The van der Waals surface area contributed by atoms with Crippen LogP contribution in [0.4, 0.5) is 11.4 Å². The molecule has 50 heavy (non-hydrogen) atoms. The van der Waals surface area contributed by atoms with Gasteiger partial charge in [-0.3, -0.25) is 9.35 Å². The number of anilines is 2. The molecule has 3 aromatic rings. The number of halogens is 2. The second-order valence-electron chi connectivity index (χ2n) is 11.6. The lowest BCUT2D eigenvalue weighted by atomic mass is 10.1. The lowest BCUT2D eigenvalue weighted by molar-refractivity contribution is -0.673. The molecule has 0 atom stereocenters. The number of carbonyl (C=O) groups is 1. The van der Waals surface area contributed by atoms with Crippen molar-refractivity contribution in [1.82, 2.24) is 10.0 Å². The summed E-state index contributed by atoms with van der Waals surface area (Å²) in [5, 5.41) is 0.853. The fourth-order valence-electron chi connectivity index (χ4n) is 6.04. The normalized spacial score (nSPS) is 14.5. The Bertz CT molecular complexity index is 2010. The fraction of sp³-hybridized carbons (Fsp3) is 0.455. The van der Waals surface area contributed by atoms with Crippen molar-refractivity contribution in [3.8, 4) is 0 Å². The maximum Gasteiger partial charge on any atom is 0.283 e. The monoisotopic (exact) mass is 772 g/mol. The maximum atomic E-state index is 12.4. The Morgan fingerprint density at radius 1 is 0.980 bits per heavy atom. The molecule has 0 bridgehead atoms. The maximum absolute atomic E-state index is 12.4. The third-order valence-corrected chi connectivity index (χ3v) is 10.8. The number of nitrogens with one attached hydrogen (secondary N) is 1. The first-order valence-electron chi connectivity index (χ1n) is 16.3. The van der Waals surface area contributed by atoms with E-state index in [0.717, 1.165) is 39.6 Å². The van der Waals surface area contributed by atoms with Crippen LogP contribution in [0.1, 0.15) is 62.3 Å². The Morgan fingerprint density at radius 3 is 2.32 bits per heavy atom. The van der Waals surface area contributed by atoms with Crippen LogP contribution in [-0.2, 0) is 49.0 Å². The molecule has 0 spiro atoms. The zero-order valence-electron chi connectivity index (χ0n) is 28.8. The van der Waals surface area contributed by atoms with Crippen LogP contribution in [0, 0.1) is 0 Å². The van der Waals surface area contributed by atoms with Crippen molar-refractivity contribution >= 4 is 77.7 Å². The molecular formula is C33H44Cl2N5O8S2+. The Kier molecular flexibility index (Phi) is 13.5. The van der Waals surface area contributed by atoms with E-state index >= 15 is 0 Å². The van der Waals surface area contributed by atoms with Gasteiger partial charge in [0.05, 0.1) is 47.6 Å². The number of hydrogen-bond acceptors (Lipinski definition) is 10. The van der Waals surface area contributed by atoms with E-state index < -0.39 is 26.0 Å². The molecule has 274 valence electrons. The number of hydroxylamine groups is 1. The Morgan fingerprint density at radius 2 is 1.70 bits per heavy atom. The highest BCUT2D eigenvalue weighted by Gasteiger charge is 2.32. The van der Waals surface area contributed by atoms with E-state index in [0.29, 0.717) is 48.3 Å². The number of imidazole rings is 1. The number of nitrogens with zero attached hydrogens (tertiary/aromatic N) is 4. The van der Waals surface area contributed by atoms with E-state index in [4.69, 9.17) is 32.2 Å². The SMILES string of the molecule is CCNOS(=O)(=O)CCC[n+]1c(/C=C/C=C2\N(CC)c3cc(Cl)c(COC)cc3N2CCCS(=O)(=O)O)n(CC)c2cc(Cl)c(C(C)=O)cc21. The van der Waals surface area contributed by atoms with Crippen molar-refractivity contribution in [2.45, 2.75) is 60.2 Å². The lowest BCUT2D eigenvalue weighted by Crippen LogP contribution is -2.38. The number of ketones is 1. The topological polar surface area (TPSA) is 151 Å². The number of carbonyl (C=O) groups excluding carboxylic acids is 1. The molecule has 0 fully saturated rings. The third kappa shape index (κ3) is 9.25. The van der Waals surface area contributed by atoms with Gasteiger partial charge < -0.3 is 14.5 Å². The van der Waals surface area contributed by atoms with Crippen LogP contribution in [0.15, 0.2) is 42.2 Å². The Labute approximate surface area is 303 Å². The Balaban J connectivity index is 1.82. The van der Waals surface area contributed by atoms with Gasteiger partial charge in [-0.2, -0.15) is 26.6 Å². The van der Waals surface area contributed by atoms with E-state index in [1.807, 2.05) is 58.2 Å². The smallest absolute Gasteiger partial charge is 0.283 e. The van der Waals surface area contributed by atoms with Crippen molar-refractivity contribution in [2.24, 2.45) is 0 Å². The summed E-state index contributed by atoms with van der Waals surface area (Å²) in [6, 6.07) is 7.27. The number of benzene rings is 2. The van der Waals surface area contributed by atoms with Crippen molar-refractivity contribution in [3.63, 3.8) is 0 Å². The summed E-state index contributed by atoms with van der Waals surface area (Å²) in [4.78, 5) is 16.5. The van der Waals surface area contributed by atoms with E-state index in [1.165, 1.54) is 6.92 Å². The highest BCUT2D eigenvalue weighted by atomic mass is 35.5. The summed E-state index contributed by atoms with van der Waals surface area (Å²) in [6.07, 6.45) is 6.07. The van der Waals surface area contributed by atoms with Gasteiger partial charge in [-0.15, -0.1) is 0 Å². The largest absolute Gasteiger partial charge is 0.380 e. The summed E-state index contributed by atoms with van der Waals surface area (Å²) in [6.45, 7) is 9.47. The second kappa shape index (κ2) is 17.0. The molecule has 0 radical (unpaired) electrons. The van der Waals surface area contributed by atoms with Crippen LogP contribution in [-0.4, -0.2) is 70.0 Å². The van der Waals surface area contributed by atoms with E-state index in [-0.39, 0.29) is 31.0 Å². The van der Waals surface area contributed by atoms with Crippen molar-refractivity contribution in [3.05, 3.63) is 69.2 Å².